The quantitative estimate of drug-likeness (QED) is 0.232. The van der Waals surface area contributed by atoms with Gasteiger partial charge in [-0.2, -0.15) is 9.97 Å². The molecule has 4 aliphatic rings. The van der Waals surface area contributed by atoms with E-state index < -0.39 is 11.8 Å². The standard InChI is InChI=1S/C35H42FN7O4S/c1-34(2,3)47-33(44)43-23-10-11-24(43)19-41(18-23)29-28-30(40-31(39-29)46-20-35-12-7-13-42(35)17-22(36)16-35)48-32(38-28)37-27-15-25(45-4)14-21-8-5-6-9-26(21)27/h5-6,8-9,14-15,22-24H,7,10-13,16-20H2,1-4H3,(H,37,38)/t22-,23?,24?,35+/m1/s1. The van der Waals surface area contributed by atoms with E-state index in [-0.39, 0.29) is 29.7 Å². The van der Waals surface area contributed by atoms with Crippen molar-refractivity contribution < 1.29 is 23.4 Å². The van der Waals surface area contributed by atoms with Crippen molar-refractivity contribution in [2.45, 2.75) is 82.3 Å². The van der Waals surface area contributed by atoms with Crippen LogP contribution in [0, 0.1) is 0 Å². The Balaban J connectivity index is 1.13. The summed E-state index contributed by atoms with van der Waals surface area (Å²) in [4.78, 5) is 35.1. The number of anilines is 3. The predicted molar refractivity (Wildman–Crippen MR) is 185 cm³/mol. The second-order valence-corrected chi connectivity index (χ2v) is 15.5. The van der Waals surface area contributed by atoms with Gasteiger partial charge < -0.3 is 24.4 Å². The minimum Gasteiger partial charge on any atom is -0.497 e. The number of aromatic nitrogens is 3. The smallest absolute Gasteiger partial charge is 0.410 e. The number of thiazole rings is 1. The van der Waals surface area contributed by atoms with E-state index in [2.05, 4.69) is 27.2 Å². The number of nitrogens with one attached hydrogen (secondary N) is 1. The maximum absolute atomic E-state index is 14.5. The zero-order chi connectivity index (χ0) is 33.2. The van der Waals surface area contributed by atoms with Crippen LogP contribution in [0.2, 0.25) is 0 Å². The van der Waals surface area contributed by atoms with Gasteiger partial charge in [0.15, 0.2) is 15.8 Å². The highest BCUT2D eigenvalue weighted by Gasteiger charge is 2.50. The van der Waals surface area contributed by atoms with Gasteiger partial charge in [-0.05, 0) is 64.5 Å². The van der Waals surface area contributed by atoms with Crippen LogP contribution in [-0.2, 0) is 4.74 Å². The molecule has 4 aliphatic heterocycles. The van der Waals surface area contributed by atoms with Crippen molar-refractivity contribution >= 4 is 55.2 Å². The van der Waals surface area contributed by atoms with Gasteiger partial charge in [-0.15, -0.1) is 0 Å². The Hall–Kier alpha value is -3.97. The molecule has 2 unspecified atom stereocenters. The fraction of sp³-hybridized carbons (Fsp3) is 0.543. The van der Waals surface area contributed by atoms with Gasteiger partial charge in [-0.1, -0.05) is 35.6 Å². The molecular weight excluding hydrogens is 633 g/mol. The zero-order valence-corrected chi connectivity index (χ0v) is 28.7. The average molecular weight is 676 g/mol. The topological polar surface area (TPSA) is 105 Å². The first kappa shape index (κ1) is 31.3. The number of halogens is 1. The van der Waals surface area contributed by atoms with E-state index in [1.807, 2.05) is 49.9 Å². The molecule has 254 valence electrons. The lowest BCUT2D eigenvalue weighted by Gasteiger charge is -2.41. The van der Waals surface area contributed by atoms with Gasteiger partial charge in [-0.25, -0.2) is 14.2 Å². The van der Waals surface area contributed by atoms with E-state index in [1.165, 1.54) is 11.3 Å². The van der Waals surface area contributed by atoms with Crippen molar-refractivity contribution in [1.82, 2.24) is 24.8 Å². The van der Waals surface area contributed by atoms with E-state index in [1.54, 1.807) is 7.11 Å². The number of carbonyl (C=O) groups excluding carboxylic acids is 1. The zero-order valence-electron chi connectivity index (χ0n) is 27.9. The first-order valence-corrected chi connectivity index (χ1v) is 17.7. The second kappa shape index (κ2) is 11.9. The molecule has 4 saturated heterocycles. The molecule has 1 amide bonds. The molecular formula is C35H42FN7O4S. The lowest BCUT2D eigenvalue weighted by atomic mass is 9.95. The van der Waals surface area contributed by atoms with Gasteiger partial charge in [0, 0.05) is 37.5 Å². The fourth-order valence-electron chi connectivity index (χ4n) is 8.08. The van der Waals surface area contributed by atoms with Crippen molar-refractivity contribution in [3.8, 4) is 11.8 Å². The summed E-state index contributed by atoms with van der Waals surface area (Å²) in [6.45, 7) is 8.59. The van der Waals surface area contributed by atoms with Crippen LogP contribution in [0.25, 0.3) is 21.1 Å². The normalized spacial score (nSPS) is 25.6. The third-order valence-electron chi connectivity index (χ3n) is 10.1. The summed E-state index contributed by atoms with van der Waals surface area (Å²) < 4.78 is 32.3. The number of methoxy groups -OCH3 is 1. The van der Waals surface area contributed by atoms with Crippen molar-refractivity contribution in [1.29, 1.82) is 0 Å². The minimum atomic E-state index is -0.840. The summed E-state index contributed by atoms with van der Waals surface area (Å²) in [5.41, 5.74) is 0.676. The molecule has 0 aliphatic carbocycles. The Kier molecular flexibility index (Phi) is 7.74. The number of rotatable bonds is 7. The summed E-state index contributed by atoms with van der Waals surface area (Å²) >= 11 is 1.44. The van der Waals surface area contributed by atoms with Crippen molar-refractivity contribution in [3.05, 3.63) is 36.4 Å². The number of alkyl halides is 1. The van der Waals surface area contributed by atoms with Crippen LogP contribution in [0.1, 0.15) is 52.9 Å². The van der Waals surface area contributed by atoms with Gasteiger partial charge >= 0.3 is 12.1 Å². The van der Waals surface area contributed by atoms with Crippen LogP contribution in [0.15, 0.2) is 36.4 Å². The number of hydrogen-bond donors (Lipinski definition) is 1. The third kappa shape index (κ3) is 5.74. The molecule has 0 spiro atoms. The summed E-state index contributed by atoms with van der Waals surface area (Å²) in [6.07, 6.45) is 3.10. The number of benzene rings is 2. The highest BCUT2D eigenvalue weighted by Crippen LogP contribution is 2.42. The van der Waals surface area contributed by atoms with E-state index in [9.17, 15) is 9.18 Å². The lowest BCUT2D eigenvalue weighted by Crippen LogP contribution is -2.57. The van der Waals surface area contributed by atoms with E-state index in [4.69, 9.17) is 29.2 Å². The Bertz CT molecular complexity index is 1850. The van der Waals surface area contributed by atoms with Gasteiger partial charge in [-0.3, -0.25) is 9.80 Å². The SMILES string of the molecule is COc1cc(Nc2nc3c(N4CC5CCC(C4)N5C(=O)OC(C)(C)C)nc(OC[C@@]45CCCN4C[C@H](F)C5)nc3s2)c2ccccc2c1. The van der Waals surface area contributed by atoms with Crippen LogP contribution in [0.5, 0.6) is 11.8 Å². The first-order chi connectivity index (χ1) is 23.1. The molecule has 2 aromatic carbocycles. The molecule has 6 heterocycles. The van der Waals surface area contributed by atoms with E-state index in [0.717, 1.165) is 54.4 Å². The van der Waals surface area contributed by atoms with Gasteiger partial charge in [0.1, 0.15) is 29.6 Å². The molecule has 8 rings (SSSR count). The summed E-state index contributed by atoms with van der Waals surface area (Å²) in [5, 5.41) is 6.30. The number of nitrogens with zero attached hydrogens (tertiary/aromatic N) is 6. The first-order valence-electron chi connectivity index (χ1n) is 16.9. The number of hydrogen-bond acceptors (Lipinski definition) is 11. The fourth-order valence-corrected chi connectivity index (χ4v) is 8.92. The molecule has 4 fully saturated rings. The van der Waals surface area contributed by atoms with Gasteiger partial charge in [0.2, 0.25) is 0 Å². The summed E-state index contributed by atoms with van der Waals surface area (Å²) in [7, 11) is 1.66. The second-order valence-electron chi connectivity index (χ2n) is 14.6. The predicted octanol–water partition coefficient (Wildman–Crippen LogP) is 6.54. The highest BCUT2D eigenvalue weighted by atomic mass is 32.1. The Labute approximate surface area is 283 Å². The molecule has 13 heteroatoms. The van der Waals surface area contributed by atoms with Crippen LogP contribution >= 0.6 is 11.3 Å². The largest absolute Gasteiger partial charge is 0.497 e. The number of amides is 1. The van der Waals surface area contributed by atoms with Crippen molar-refractivity contribution in [2.24, 2.45) is 0 Å². The van der Waals surface area contributed by atoms with Crippen molar-refractivity contribution in [3.63, 3.8) is 0 Å². The number of piperazine rings is 1. The van der Waals surface area contributed by atoms with E-state index in [0.29, 0.717) is 54.0 Å². The summed E-state index contributed by atoms with van der Waals surface area (Å²) in [6, 6.07) is 12.4. The number of ether oxygens (including phenoxy) is 3. The maximum Gasteiger partial charge on any atom is 0.410 e. The maximum atomic E-state index is 14.5. The molecule has 11 nitrogen and oxygen atoms in total. The monoisotopic (exact) mass is 675 g/mol. The van der Waals surface area contributed by atoms with Gasteiger partial charge in [0.25, 0.3) is 0 Å². The van der Waals surface area contributed by atoms with Gasteiger partial charge in [0.05, 0.1) is 30.4 Å². The third-order valence-corrected chi connectivity index (χ3v) is 11.0. The molecule has 48 heavy (non-hydrogen) atoms. The van der Waals surface area contributed by atoms with Crippen LogP contribution < -0.4 is 19.7 Å². The van der Waals surface area contributed by atoms with Crippen molar-refractivity contribution in [2.75, 3.05) is 50.1 Å². The number of fused-ring (bicyclic) bond motifs is 5. The van der Waals surface area contributed by atoms with Crippen LogP contribution in [-0.4, -0.2) is 100 Å². The molecule has 2 aromatic heterocycles. The highest BCUT2D eigenvalue weighted by molar-refractivity contribution is 7.22. The lowest BCUT2D eigenvalue weighted by molar-refractivity contribution is 0.0122. The molecule has 0 radical (unpaired) electrons. The molecule has 0 saturated carbocycles. The van der Waals surface area contributed by atoms with Crippen LogP contribution in [0.3, 0.4) is 0 Å². The number of carbonyl (C=O) groups is 1. The molecule has 4 atom stereocenters. The minimum absolute atomic E-state index is 0.00160. The molecule has 2 bridgehead atoms. The molecule has 4 aromatic rings. The summed E-state index contributed by atoms with van der Waals surface area (Å²) in [5.74, 6) is 1.43. The average Bonchev–Trinajstić information content (AvgIpc) is 3.78. The molecule has 1 N–H and O–H groups in total. The van der Waals surface area contributed by atoms with E-state index >= 15 is 0 Å². The Morgan fingerprint density at radius 3 is 2.67 bits per heavy atom. The van der Waals surface area contributed by atoms with Crippen LogP contribution in [0.4, 0.5) is 25.8 Å². The Morgan fingerprint density at radius 1 is 1.10 bits per heavy atom. The Morgan fingerprint density at radius 2 is 1.90 bits per heavy atom.